The van der Waals surface area contributed by atoms with Crippen molar-refractivity contribution in [1.29, 1.82) is 0 Å². The Morgan fingerprint density at radius 2 is 2.31 bits per heavy atom. The molecule has 13 heavy (non-hydrogen) atoms. The van der Waals surface area contributed by atoms with Crippen LogP contribution in [0.25, 0.3) is 0 Å². The Bertz CT molecular complexity index is 307. The Hall–Kier alpha value is -1.18. The maximum Gasteiger partial charge on any atom is 0.126 e. The summed E-state index contributed by atoms with van der Waals surface area (Å²) in [4.78, 5) is 0. The van der Waals surface area contributed by atoms with Gasteiger partial charge in [0.1, 0.15) is 11.5 Å². The van der Waals surface area contributed by atoms with Gasteiger partial charge in [-0.2, -0.15) is 0 Å². The normalized spacial score (nSPS) is 20.3. The highest BCUT2D eigenvalue weighted by Gasteiger charge is 2.17. The number of rotatable bonds is 1. The summed E-state index contributed by atoms with van der Waals surface area (Å²) in [7, 11) is 1.67. The molecule has 1 aliphatic heterocycles. The number of hydrogen-bond donors (Lipinski definition) is 0. The fraction of sp³-hybridized carbons (Fsp3) is 0.455. The largest absolute Gasteiger partial charge is 0.497 e. The fourth-order valence-electron chi connectivity index (χ4n) is 1.67. The second kappa shape index (κ2) is 3.29. The predicted molar refractivity (Wildman–Crippen MR) is 51.5 cm³/mol. The molecule has 1 aromatic rings. The van der Waals surface area contributed by atoms with E-state index < -0.39 is 0 Å². The molecule has 0 unspecified atom stereocenters. The van der Waals surface area contributed by atoms with E-state index in [4.69, 9.17) is 9.47 Å². The summed E-state index contributed by atoms with van der Waals surface area (Å²) >= 11 is 0. The zero-order valence-electron chi connectivity index (χ0n) is 8.04. The molecular formula is C11H14O2. The van der Waals surface area contributed by atoms with Gasteiger partial charge in [-0.1, -0.05) is 13.0 Å². The highest BCUT2D eigenvalue weighted by molar-refractivity contribution is 5.43. The Morgan fingerprint density at radius 1 is 1.46 bits per heavy atom. The van der Waals surface area contributed by atoms with Gasteiger partial charge < -0.3 is 9.47 Å². The minimum atomic E-state index is 0.606. The number of fused-ring (bicyclic) bond motifs is 1. The van der Waals surface area contributed by atoms with Crippen LogP contribution in [0.2, 0.25) is 0 Å². The molecule has 2 nitrogen and oxygen atoms in total. The summed E-state index contributed by atoms with van der Waals surface area (Å²) < 4.78 is 10.7. The number of ether oxygens (including phenoxy) is 2. The van der Waals surface area contributed by atoms with Gasteiger partial charge in [-0.25, -0.2) is 0 Å². The summed E-state index contributed by atoms with van der Waals surface area (Å²) in [6.45, 7) is 3.05. The minimum absolute atomic E-state index is 0.606. The van der Waals surface area contributed by atoms with E-state index >= 15 is 0 Å². The first kappa shape index (κ1) is 8.42. The molecule has 0 bridgehead atoms. The monoisotopic (exact) mass is 178 g/mol. The molecule has 0 aliphatic carbocycles. The van der Waals surface area contributed by atoms with E-state index in [0.717, 1.165) is 24.5 Å². The Morgan fingerprint density at radius 3 is 3.08 bits per heavy atom. The number of benzene rings is 1. The molecular weight excluding hydrogens is 164 g/mol. The summed E-state index contributed by atoms with van der Waals surface area (Å²) in [6.07, 6.45) is 1.11. The summed E-state index contributed by atoms with van der Waals surface area (Å²) in [5.74, 6) is 2.46. The summed E-state index contributed by atoms with van der Waals surface area (Å²) in [5, 5.41) is 0. The van der Waals surface area contributed by atoms with Crippen LogP contribution in [0.5, 0.6) is 11.5 Å². The lowest BCUT2D eigenvalue weighted by molar-refractivity contribution is 0.270. The van der Waals surface area contributed by atoms with E-state index in [2.05, 4.69) is 13.0 Å². The molecule has 0 amide bonds. The highest BCUT2D eigenvalue weighted by Crippen LogP contribution is 2.35. The molecule has 0 spiro atoms. The van der Waals surface area contributed by atoms with Crippen LogP contribution in [0.3, 0.4) is 0 Å². The predicted octanol–water partition coefficient (Wildman–Crippen LogP) is 2.58. The zero-order valence-corrected chi connectivity index (χ0v) is 8.04. The number of methoxy groups -OCH3 is 1. The zero-order chi connectivity index (χ0) is 9.26. The molecule has 2 rings (SSSR count). The molecule has 1 aliphatic rings. The molecule has 1 heterocycles. The van der Waals surface area contributed by atoms with Crippen molar-refractivity contribution in [1.82, 2.24) is 0 Å². The molecule has 70 valence electrons. The van der Waals surface area contributed by atoms with E-state index in [9.17, 15) is 0 Å². The van der Waals surface area contributed by atoms with Gasteiger partial charge in [-0.3, -0.25) is 0 Å². The SMILES string of the molecule is COc1ccc2c(c1)OCC[C@H]2C. The standard InChI is InChI=1S/C11H14O2/c1-8-5-6-13-11-7-9(12-2)3-4-10(8)11/h3-4,7-8H,5-6H2,1-2H3/t8-/m1/s1. The van der Waals surface area contributed by atoms with Gasteiger partial charge in [0.05, 0.1) is 13.7 Å². The van der Waals surface area contributed by atoms with E-state index in [0.29, 0.717) is 5.92 Å². The van der Waals surface area contributed by atoms with Gasteiger partial charge in [0.25, 0.3) is 0 Å². The van der Waals surface area contributed by atoms with Crippen LogP contribution in [0, 0.1) is 0 Å². The molecule has 1 aromatic carbocycles. The van der Waals surface area contributed by atoms with Crippen molar-refractivity contribution in [2.24, 2.45) is 0 Å². The Labute approximate surface area is 78.5 Å². The molecule has 1 atom stereocenters. The van der Waals surface area contributed by atoms with Crippen LogP contribution in [-0.2, 0) is 0 Å². The molecule has 0 aromatic heterocycles. The van der Waals surface area contributed by atoms with E-state index in [1.807, 2.05) is 12.1 Å². The van der Waals surface area contributed by atoms with Gasteiger partial charge in [0, 0.05) is 6.07 Å². The first-order chi connectivity index (χ1) is 6.31. The molecule has 0 N–H and O–H groups in total. The average molecular weight is 178 g/mol. The Balaban J connectivity index is 2.39. The molecule has 0 radical (unpaired) electrons. The third kappa shape index (κ3) is 1.48. The molecule has 0 saturated carbocycles. The molecule has 2 heteroatoms. The van der Waals surface area contributed by atoms with Gasteiger partial charge in [0.2, 0.25) is 0 Å². The topological polar surface area (TPSA) is 18.5 Å². The van der Waals surface area contributed by atoms with Crippen LogP contribution >= 0.6 is 0 Å². The second-order valence-electron chi connectivity index (χ2n) is 3.44. The lowest BCUT2D eigenvalue weighted by Gasteiger charge is -2.23. The van der Waals surface area contributed by atoms with Gasteiger partial charge in [-0.05, 0) is 24.0 Å². The van der Waals surface area contributed by atoms with Crippen LogP contribution in [0.1, 0.15) is 24.8 Å². The lowest BCUT2D eigenvalue weighted by atomic mass is 9.95. The van der Waals surface area contributed by atoms with Crippen LogP contribution < -0.4 is 9.47 Å². The van der Waals surface area contributed by atoms with Crippen LogP contribution in [-0.4, -0.2) is 13.7 Å². The van der Waals surface area contributed by atoms with Crippen LogP contribution in [0.4, 0.5) is 0 Å². The summed E-state index contributed by atoms with van der Waals surface area (Å²) in [5.41, 5.74) is 1.30. The van der Waals surface area contributed by atoms with E-state index in [1.54, 1.807) is 7.11 Å². The van der Waals surface area contributed by atoms with Crippen molar-refractivity contribution >= 4 is 0 Å². The van der Waals surface area contributed by atoms with Gasteiger partial charge >= 0.3 is 0 Å². The van der Waals surface area contributed by atoms with Crippen molar-refractivity contribution in [3.8, 4) is 11.5 Å². The van der Waals surface area contributed by atoms with Crippen molar-refractivity contribution in [2.45, 2.75) is 19.3 Å². The van der Waals surface area contributed by atoms with Crippen LogP contribution in [0.15, 0.2) is 18.2 Å². The van der Waals surface area contributed by atoms with E-state index in [-0.39, 0.29) is 0 Å². The van der Waals surface area contributed by atoms with Gasteiger partial charge in [-0.15, -0.1) is 0 Å². The van der Waals surface area contributed by atoms with Crippen molar-refractivity contribution in [3.05, 3.63) is 23.8 Å². The Kier molecular flexibility index (Phi) is 2.13. The number of hydrogen-bond acceptors (Lipinski definition) is 2. The lowest BCUT2D eigenvalue weighted by Crippen LogP contribution is -2.11. The maximum atomic E-state index is 5.56. The quantitative estimate of drug-likeness (QED) is 0.658. The van der Waals surface area contributed by atoms with Crippen molar-refractivity contribution < 1.29 is 9.47 Å². The van der Waals surface area contributed by atoms with Crippen molar-refractivity contribution in [3.63, 3.8) is 0 Å². The first-order valence-corrected chi connectivity index (χ1v) is 4.62. The highest BCUT2D eigenvalue weighted by atomic mass is 16.5. The minimum Gasteiger partial charge on any atom is -0.497 e. The smallest absolute Gasteiger partial charge is 0.126 e. The van der Waals surface area contributed by atoms with Crippen molar-refractivity contribution in [2.75, 3.05) is 13.7 Å². The fourth-order valence-corrected chi connectivity index (χ4v) is 1.67. The third-order valence-corrected chi connectivity index (χ3v) is 2.56. The molecule has 0 saturated heterocycles. The summed E-state index contributed by atoms with van der Waals surface area (Å²) in [6, 6.07) is 6.05. The average Bonchev–Trinajstić information content (AvgIpc) is 2.18. The molecule has 0 fully saturated rings. The second-order valence-corrected chi connectivity index (χ2v) is 3.44. The first-order valence-electron chi connectivity index (χ1n) is 4.62. The van der Waals surface area contributed by atoms with Gasteiger partial charge in [0.15, 0.2) is 0 Å². The van der Waals surface area contributed by atoms with E-state index in [1.165, 1.54) is 5.56 Å². The maximum absolute atomic E-state index is 5.56. The third-order valence-electron chi connectivity index (χ3n) is 2.56.